The highest BCUT2D eigenvalue weighted by Crippen LogP contribution is 2.45. The second-order valence-electron chi connectivity index (χ2n) is 6.16. The Labute approximate surface area is 109 Å². The third-order valence-corrected chi connectivity index (χ3v) is 4.42. The van der Waals surface area contributed by atoms with Gasteiger partial charge in [-0.05, 0) is 45.6 Å². The molecule has 0 spiro atoms. The molecule has 0 aromatic carbocycles. The molecule has 0 aromatic heterocycles. The largest absolute Gasteiger partial charge is 0.353 e. The summed E-state index contributed by atoms with van der Waals surface area (Å²) >= 11 is 0. The van der Waals surface area contributed by atoms with Gasteiger partial charge in [0.2, 0.25) is 5.91 Å². The maximum Gasteiger partial charge on any atom is 0.240 e. The van der Waals surface area contributed by atoms with Crippen molar-refractivity contribution >= 4 is 5.91 Å². The van der Waals surface area contributed by atoms with Crippen molar-refractivity contribution in [2.45, 2.75) is 51.6 Å². The van der Waals surface area contributed by atoms with Crippen LogP contribution in [0.1, 0.15) is 39.5 Å². The van der Waals surface area contributed by atoms with E-state index in [0.29, 0.717) is 37.4 Å². The van der Waals surface area contributed by atoms with E-state index < -0.39 is 5.41 Å². The standard InChI is InChI=1S/C14H23N3O/c1-10-6-14(7-10,9-15)13(18)16-8-11(2)17(3)12-4-5-12/h10-12H,4-8H2,1-3H3,(H,16,18). The van der Waals surface area contributed by atoms with Crippen molar-refractivity contribution < 1.29 is 4.79 Å². The van der Waals surface area contributed by atoms with Crippen molar-refractivity contribution in [3.63, 3.8) is 0 Å². The Morgan fingerprint density at radius 3 is 2.61 bits per heavy atom. The van der Waals surface area contributed by atoms with Crippen LogP contribution in [0, 0.1) is 22.7 Å². The van der Waals surface area contributed by atoms with E-state index in [9.17, 15) is 10.1 Å². The molecule has 2 saturated carbocycles. The zero-order valence-corrected chi connectivity index (χ0v) is 11.6. The first-order chi connectivity index (χ1) is 8.48. The molecule has 18 heavy (non-hydrogen) atoms. The molecule has 1 atom stereocenters. The molecule has 0 bridgehead atoms. The van der Waals surface area contributed by atoms with E-state index in [0.717, 1.165) is 0 Å². The molecule has 2 aliphatic carbocycles. The van der Waals surface area contributed by atoms with Crippen LogP contribution >= 0.6 is 0 Å². The average molecular weight is 249 g/mol. The van der Waals surface area contributed by atoms with Gasteiger partial charge in [-0.1, -0.05) is 6.92 Å². The Balaban J connectivity index is 1.79. The van der Waals surface area contributed by atoms with Crippen molar-refractivity contribution in [2.24, 2.45) is 11.3 Å². The molecule has 100 valence electrons. The molecule has 0 heterocycles. The Hall–Kier alpha value is -1.08. The van der Waals surface area contributed by atoms with Gasteiger partial charge in [0.1, 0.15) is 5.41 Å². The van der Waals surface area contributed by atoms with Crippen LogP contribution < -0.4 is 5.32 Å². The predicted octanol–water partition coefficient (Wildman–Crippen LogP) is 1.53. The molecular weight excluding hydrogens is 226 g/mol. The van der Waals surface area contributed by atoms with Crippen molar-refractivity contribution in [2.75, 3.05) is 13.6 Å². The van der Waals surface area contributed by atoms with E-state index in [2.05, 4.69) is 37.2 Å². The van der Waals surface area contributed by atoms with Gasteiger partial charge in [-0.2, -0.15) is 5.26 Å². The van der Waals surface area contributed by atoms with Crippen molar-refractivity contribution in [1.82, 2.24) is 10.2 Å². The monoisotopic (exact) mass is 249 g/mol. The third kappa shape index (κ3) is 2.51. The molecule has 0 radical (unpaired) electrons. The van der Waals surface area contributed by atoms with E-state index >= 15 is 0 Å². The Kier molecular flexibility index (Phi) is 3.63. The van der Waals surface area contributed by atoms with Crippen LogP contribution in [0.15, 0.2) is 0 Å². The maximum atomic E-state index is 12.1. The minimum atomic E-state index is -0.739. The van der Waals surface area contributed by atoms with Gasteiger partial charge < -0.3 is 5.32 Å². The van der Waals surface area contributed by atoms with Gasteiger partial charge in [0, 0.05) is 18.6 Å². The van der Waals surface area contributed by atoms with Crippen LogP contribution in [0.3, 0.4) is 0 Å². The predicted molar refractivity (Wildman–Crippen MR) is 69.7 cm³/mol. The normalized spacial score (nSPS) is 32.5. The molecule has 2 aliphatic rings. The fourth-order valence-corrected chi connectivity index (χ4v) is 2.85. The van der Waals surface area contributed by atoms with E-state index in [1.54, 1.807) is 0 Å². The molecule has 0 aromatic rings. The van der Waals surface area contributed by atoms with E-state index in [1.165, 1.54) is 12.8 Å². The first kappa shape index (κ1) is 13.4. The summed E-state index contributed by atoms with van der Waals surface area (Å²) in [6.45, 7) is 4.86. The number of likely N-dealkylation sites (N-methyl/N-ethyl adjacent to an activating group) is 1. The van der Waals surface area contributed by atoms with Gasteiger partial charge in [0.25, 0.3) is 0 Å². The van der Waals surface area contributed by atoms with E-state index in [1.807, 2.05) is 0 Å². The lowest BCUT2D eigenvalue weighted by Crippen LogP contribution is -2.51. The summed E-state index contributed by atoms with van der Waals surface area (Å²) in [4.78, 5) is 14.4. The molecule has 1 unspecified atom stereocenters. The van der Waals surface area contributed by atoms with Crippen molar-refractivity contribution in [3.05, 3.63) is 0 Å². The fourth-order valence-electron chi connectivity index (χ4n) is 2.85. The lowest BCUT2D eigenvalue weighted by atomic mass is 9.63. The third-order valence-electron chi connectivity index (χ3n) is 4.42. The van der Waals surface area contributed by atoms with Crippen LogP contribution in [-0.2, 0) is 4.79 Å². The quantitative estimate of drug-likeness (QED) is 0.804. The Bertz CT molecular complexity index is 364. The number of amides is 1. The number of nitrogens with one attached hydrogen (secondary N) is 1. The maximum absolute atomic E-state index is 12.1. The van der Waals surface area contributed by atoms with Crippen LogP contribution in [0.25, 0.3) is 0 Å². The highest BCUT2D eigenvalue weighted by atomic mass is 16.2. The van der Waals surface area contributed by atoms with Gasteiger partial charge in [-0.3, -0.25) is 9.69 Å². The SMILES string of the molecule is CC1CC(C#N)(C(=O)NCC(C)N(C)C2CC2)C1. The van der Waals surface area contributed by atoms with Crippen molar-refractivity contribution in [1.29, 1.82) is 5.26 Å². The minimum Gasteiger partial charge on any atom is -0.353 e. The average Bonchev–Trinajstić information content (AvgIpc) is 3.14. The molecule has 4 nitrogen and oxygen atoms in total. The van der Waals surface area contributed by atoms with Crippen LogP contribution in [0.2, 0.25) is 0 Å². The number of nitriles is 1. The number of nitrogens with zero attached hydrogens (tertiary/aromatic N) is 2. The first-order valence-electron chi connectivity index (χ1n) is 6.90. The van der Waals surface area contributed by atoms with Gasteiger partial charge >= 0.3 is 0 Å². The molecule has 2 fully saturated rings. The summed E-state index contributed by atoms with van der Waals surface area (Å²) in [6, 6.07) is 3.25. The molecule has 0 saturated heterocycles. The fraction of sp³-hybridized carbons (Fsp3) is 0.857. The molecule has 2 rings (SSSR count). The van der Waals surface area contributed by atoms with Crippen molar-refractivity contribution in [3.8, 4) is 6.07 Å². The second-order valence-corrected chi connectivity index (χ2v) is 6.16. The van der Waals surface area contributed by atoms with Gasteiger partial charge in [-0.25, -0.2) is 0 Å². The molecule has 4 heteroatoms. The molecule has 1 N–H and O–H groups in total. The van der Waals surface area contributed by atoms with E-state index in [-0.39, 0.29) is 5.91 Å². The Morgan fingerprint density at radius 1 is 1.56 bits per heavy atom. The topological polar surface area (TPSA) is 56.1 Å². The second kappa shape index (κ2) is 4.89. The van der Waals surface area contributed by atoms with Gasteiger partial charge in [0.15, 0.2) is 0 Å². The van der Waals surface area contributed by atoms with E-state index in [4.69, 9.17) is 0 Å². The summed E-state index contributed by atoms with van der Waals surface area (Å²) < 4.78 is 0. The number of hydrogen-bond donors (Lipinski definition) is 1. The number of carbonyl (C=O) groups is 1. The number of carbonyl (C=O) groups excluding carboxylic acids is 1. The summed E-state index contributed by atoms with van der Waals surface area (Å²) in [5.74, 6) is 0.432. The van der Waals surface area contributed by atoms with Crippen LogP contribution in [-0.4, -0.2) is 36.5 Å². The van der Waals surface area contributed by atoms with Crippen LogP contribution in [0.4, 0.5) is 0 Å². The lowest BCUT2D eigenvalue weighted by molar-refractivity contribution is -0.134. The number of hydrogen-bond acceptors (Lipinski definition) is 3. The molecule has 1 amide bonds. The number of rotatable bonds is 5. The highest BCUT2D eigenvalue weighted by molar-refractivity contribution is 5.86. The summed E-state index contributed by atoms with van der Waals surface area (Å²) in [5.41, 5.74) is -0.739. The van der Waals surface area contributed by atoms with Gasteiger partial charge in [0.05, 0.1) is 6.07 Å². The molecular formula is C14H23N3O. The lowest BCUT2D eigenvalue weighted by Gasteiger charge is -2.39. The summed E-state index contributed by atoms with van der Waals surface area (Å²) in [6.07, 6.45) is 3.97. The Morgan fingerprint density at radius 2 is 2.17 bits per heavy atom. The summed E-state index contributed by atoms with van der Waals surface area (Å²) in [7, 11) is 2.11. The zero-order valence-electron chi connectivity index (χ0n) is 11.6. The van der Waals surface area contributed by atoms with Crippen LogP contribution in [0.5, 0.6) is 0 Å². The summed E-state index contributed by atoms with van der Waals surface area (Å²) in [5, 5.41) is 12.1. The zero-order chi connectivity index (χ0) is 13.3. The highest BCUT2D eigenvalue weighted by Gasteiger charge is 2.48. The minimum absolute atomic E-state index is 0.0702. The van der Waals surface area contributed by atoms with Gasteiger partial charge in [-0.15, -0.1) is 0 Å². The first-order valence-corrected chi connectivity index (χ1v) is 6.90. The molecule has 0 aliphatic heterocycles. The smallest absolute Gasteiger partial charge is 0.240 e.